The molecule has 15 heavy (non-hydrogen) atoms. The van der Waals surface area contributed by atoms with Gasteiger partial charge in [0.2, 0.25) is 0 Å². The molecule has 0 atom stereocenters. The number of Topliss-reactive ketones (excluding diaryl/α,β-unsaturated/α-hetero) is 1. The molecule has 0 saturated carbocycles. The van der Waals surface area contributed by atoms with Crippen molar-refractivity contribution in [3.8, 4) is 0 Å². The molecule has 0 amide bonds. The SMILES string of the molecule is CC(C)(C)OCCCCC(=O)C(C)(C)C. The first kappa shape index (κ1) is 14.6. The Labute approximate surface area is 94.4 Å². The molecule has 0 fully saturated rings. The molecule has 0 saturated heterocycles. The number of hydrogen-bond donors (Lipinski definition) is 0. The third-order valence-corrected chi connectivity index (χ3v) is 2.17. The molecule has 0 heterocycles. The smallest absolute Gasteiger partial charge is 0.138 e. The highest BCUT2D eigenvalue weighted by Crippen LogP contribution is 2.18. The monoisotopic (exact) mass is 214 g/mol. The maximum atomic E-state index is 11.6. The molecule has 0 N–H and O–H groups in total. The van der Waals surface area contributed by atoms with Gasteiger partial charge < -0.3 is 4.74 Å². The normalized spacial score (nSPS) is 12.9. The van der Waals surface area contributed by atoms with Crippen molar-refractivity contribution in [1.29, 1.82) is 0 Å². The van der Waals surface area contributed by atoms with E-state index in [4.69, 9.17) is 4.74 Å². The van der Waals surface area contributed by atoms with E-state index >= 15 is 0 Å². The first-order valence-electron chi connectivity index (χ1n) is 5.80. The number of ether oxygens (including phenoxy) is 1. The van der Waals surface area contributed by atoms with Gasteiger partial charge in [-0.05, 0) is 33.6 Å². The lowest BCUT2D eigenvalue weighted by Crippen LogP contribution is -2.21. The zero-order chi connectivity index (χ0) is 12.1. The Morgan fingerprint density at radius 3 is 1.93 bits per heavy atom. The van der Waals surface area contributed by atoms with Crippen molar-refractivity contribution in [2.45, 2.75) is 66.4 Å². The fourth-order valence-electron chi connectivity index (χ4n) is 1.14. The lowest BCUT2D eigenvalue weighted by atomic mass is 9.88. The summed E-state index contributed by atoms with van der Waals surface area (Å²) in [5, 5.41) is 0. The standard InChI is InChI=1S/C13H26O2/c1-12(2,3)11(14)9-7-8-10-15-13(4,5)6/h7-10H2,1-6H3. The molecule has 0 aromatic heterocycles. The molecular formula is C13H26O2. The van der Waals surface area contributed by atoms with Gasteiger partial charge in [-0.2, -0.15) is 0 Å². The van der Waals surface area contributed by atoms with Crippen molar-refractivity contribution >= 4 is 5.78 Å². The highest BCUT2D eigenvalue weighted by molar-refractivity contribution is 5.83. The van der Waals surface area contributed by atoms with Crippen LogP contribution in [0.25, 0.3) is 0 Å². The molecule has 0 unspecified atom stereocenters. The Morgan fingerprint density at radius 1 is 1.00 bits per heavy atom. The highest BCUT2D eigenvalue weighted by atomic mass is 16.5. The largest absolute Gasteiger partial charge is 0.376 e. The van der Waals surface area contributed by atoms with Crippen LogP contribution in [0.15, 0.2) is 0 Å². The molecule has 0 aliphatic rings. The van der Waals surface area contributed by atoms with Gasteiger partial charge in [0.15, 0.2) is 0 Å². The van der Waals surface area contributed by atoms with Crippen LogP contribution in [0.2, 0.25) is 0 Å². The van der Waals surface area contributed by atoms with Gasteiger partial charge in [0, 0.05) is 18.4 Å². The molecule has 0 aromatic rings. The van der Waals surface area contributed by atoms with Crippen LogP contribution in [0.5, 0.6) is 0 Å². The van der Waals surface area contributed by atoms with Crippen LogP contribution >= 0.6 is 0 Å². The minimum absolute atomic E-state index is 0.0615. The van der Waals surface area contributed by atoms with Gasteiger partial charge in [-0.25, -0.2) is 0 Å². The predicted octanol–water partition coefficient (Wildman–Crippen LogP) is 3.59. The number of rotatable bonds is 5. The zero-order valence-corrected chi connectivity index (χ0v) is 11.1. The van der Waals surface area contributed by atoms with E-state index in [0.717, 1.165) is 19.4 Å². The molecule has 2 nitrogen and oxygen atoms in total. The Bertz CT molecular complexity index is 194. The zero-order valence-electron chi connectivity index (χ0n) is 11.1. The van der Waals surface area contributed by atoms with Gasteiger partial charge in [-0.3, -0.25) is 4.79 Å². The molecule has 2 heteroatoms. The second kappa shape index (κ2) is 5.64. The van der Waals surface area contributed by atoms with Crippen LogP contribution in [0.4, 0.5) is 0 Å². The number of ketones is 1. The third kappa shape index (κ3) is 8.61. The number of unbranched alkanes of at least 4 members (excludes halogenated alkanes) is 1. The van der Waals surface area contributed by atoms with Crippen LogP contribution in [0.3, 0.4) is 0 Å². The summed E-state index contributed by atoms with van der Waals surface area (Å²) in [4.78, 5) is 11.6. The molecule has 0 bridgehead atoms. The van der Waals surface area contributed by atoms with Gasteiger partial charge in [-0.15, -0.1) is 0 Å². The maximum Gasteiger partial charge on any atom is 0.138 e. The lowest BCUT2D eigenvalue weighted by molar-refractivity contribution is -0.126. The quantitative estimate of drug-likeness (QED) is 0.654. The number of carbonyl (C=O) groups excluding carboxylic acids is 1. The Morgan fingerprint density at radius 2 is 1.53 bits per heavy atom. The minimum atomic E-state index is -0.190. The van der Waals surface area contributed by atoms with E-state index in [1.165, 1.54) is 0 Å². The van der Waals surface area contributed by atoms with E-state index in [-0.39, 0.29) is 11.0 Å². The van der Waals surface area contributed by atoms with E-state index in [2.05, 4.69) is 0 Å². The maximum absolute atomic E-state index is 11.6. The van der Waals surface area contributed by atoms with Crippen molar-refractivity contribution in [2.24, 2.45) is 5.41 Å². The van der Waals surface area contributed by atoms with Crippen molar-refractivity contribution in [3.05, 3.63) is 0 Å². The second-order valence-corrected chi connectivity index (χ2v) is 6.09. The fourth-order valence-corrected chi connectivity index (χ4v) is 1.14. The van der Waals surface area contributed by atoms with Crippen LogP contribution in [-0.2, 0) is 9.53 Å². The number of carbonyl (C=O) groups is 1. The van der Waals surface area contributed by atoms with Crippen molar-refractivity contribution in [1.82, 2.24) is 0 Å². The second-order valence-electron chi connectivity index (χ2n) is 6.09. The Balaban J connectivity index is 3.53. The molecule has 90 valence electrons. The topological polar surface area (TPSA) is 26.3 Å². The van der Waals surface area contributed by atoms with Gasteiger partial charge in [0.05, 0.1) is 5.60 Å². The van der Waals surface area contributed by atoms with Crippen molar-refractivity contribution in [3.63, 3.8) is 0 Å². The van der Waals surface area contributed by atoms with Crippen LogP contribution in [0.1, 0.15) is 60.8 Å². The fraction of sp³-hybridized carbons (Fsp3) is 0.923. The summed E-state index contributed by atoms with van der Waals surface area (Å²) in [5.41, 5.74) is -0.251. The summed E-state index contributed by atoms with van der Waals surface area (Å²) in [7, 11) is 0. The van der Waals surface area contributed by atoms with Crippen LogP contribution in [0, 0.1) is 5.41 Å². The Hall–Kier alpha value is -0.370. The summed E-state index contributed by atoms with van der Waals surface area (Å²) in [6.45, 7) is 12.8. The summed E-state index contributed by atoms with van der Waals surface area (Å²) in [6.07, 6.45) is 2.59. The molecule has 0 spiro atoms. The number of hydrogen-bond acceptors (Lipinski definition) is 2. The van der Waals surface area contributed by atoms with E-state index in [9.17, 15) is 4.79 Å². The lowest BCUT2D eigenvalue weighted by Gasteiger charge is -2.20. The highest BCUT2D eigenvalue weighted by Gasteiger charge is 2.20. The summed E-state index contributed by atoms with van der Waals surface area (Å²) < 4.78 is 5.59. The minimum Gasteiger partial charge on any atom is -0.376 e. The van der Waals surface area contributed by atoms with E-state index < -0.39 is 0 Å². The molecule has 0 rings (SSSR count). The van der Waals surface area contributed by atoms with E-state index in [1.54, 1.807) is 0 Å². The van der Waals surface area contributed by atoms with Crippen LogP contribution in [-0.4, -0.2) is 18.0 Å². The Kier molecular flexibility index (Phi) is 5.50. The average Bonchev–Trinajstić information content (AvgIpc) is 1.99. The van der Waals surface area contributed by atoms with Gasteiger partial charge in [0.25, 0.3) is 0 Å². The van der Waals surface area contributed by atoms with Crippen molar-refractivity contribution < 1.29 is 9.53 Å². The average molecular weight is 214 g/mol. The van der Waals surface area contributed by atoms with E-state index in [0.29, 0.717) is 12.2 Å². The van der Waals surface area contributed by atoms with Crippen molar-refractivity contribution in [2.75, 3.05) is 6.61 Å². The summed E-state index contributed by atoms with van der Waals surface area (Å²) >= 11 is 0. The van der Waals surface area contributed by atoms with Gasteiger partial charge in [-0.1, -0.05) is 20.8 Å². The first-order valence-corrected chi connectivity index (χ1v) is 5.80. The summed E-state index contributed by atoms with van der Waals surface area (Å²) in [5.74, 6) is 0.346. The summed E-state index contributed by atoms with van der Waals surface area (Å²) in [6, 6.07) is 0. The first-order chi connectivity index (χ1) is 6.63. The molecule has 0 aliphatic heterocycles. The van der Waals surface area contributed by atoms with E-state index in [1.807, 2.05) is 41.5 Å². The predicted molar refractivity (Wildman–Crippen MR) is 64.0 cm³/mol. The van der Waals surface area contributed by atoms with Crippen LogP contribution < -0.4 is 0 Å². The molecular weight excluding hydrogens is 188 g/mol. The molecule has 0 aliphatic carbocycles. The van der Waals surface area contributed by atoms with Gasteiger partial charge in [0.1, 0.15) is 5.78 Å². The molecule has 0 aromatic carbocycles. The molecule has 0 radical (unpaired) electrons. The third-order valence-electron chi connectivity index (χ3n) is 2.17. The van der Waals surface area contributed by atoms with Gasteiger partial charge >= 0.3 is 0 Å².